The topological polar surface area (TPSA) is 36.2 Å². The molecule has 3 nitrogen and oxygen atoms in total. The fraction of sp³-hybridized carbons (Fsp3) is 0.500. The first kappa shape index (κ1) is 14.5. The van der Waals surface area contributed by atoms with Crippen molar-refractivity contribution < 1.29 is 31.4 Å². The normalized spacial score (nSPS) is 12.6. The van der Waals surface area contributed by atoms with Gasteiger partial charge in [0.2, 0.25) is 0 Å². The van der Waals surface area contributed by atoms with E-state index in [4.69, 9.17) is 0 Å². The summed E-state index contributed by atoms with van der Waals surface area (Å²) in [6.07, 6.45) is -4.69. The van der Waals surface area contributed by atoms with Crippen molar-refractivity contribution >= 4 is 0 Å². The molecule has 0 atom stereocenters. The first-order valence-electron chi connectivity index (χ1n) is 4.83. The van der Waals surface area contributed by atoms with E-state index in [1.54, 1.807) is 0 Å². The quantitative estimate of drug-likeness (QED) is 0.481. The maximum Gasteiger partial charge on any atom is 0.456 e. The monoisotopic (exact) mass is 271 g/mol. The van der Waals surface area contributed by atoms with Gasteiger partial charge in [-0.3, -0.25) is 0 Å². The Balaban J connectivity index is 2.85. The highest BCUT2D eigenvalue weighted by Gasteiger charge is 2.58. The van der Waals surface area contributed by atoms with E-state index in [1.807, 2.05) is 0 Å². The van der Waals surface area contributed by atoms with Gasteiger partial charge in [0.15, 0.2) is 18.5 Å². The van der Waals surface area contributed by atoms with Crippen LogP contribution in [0.5, 0.6) is 5.75 Å². The van der Waals surface area contributed by atoms with E-state index in [0.29, 0.717) is 4.73 Å². The molecule has 0 aromatic carbocycles. The molecule has 8 heteroatoms. The standard InChI is InChI=1S/C10H10F5NO2/c1-6-7(2)16(17)4-3-8(6)18-5-9(11,12)10(13,14)15/h3-4H,5H2,1-2H3. The van der Waals surface area contributed by atoms with E-state index in [-0.39, 0.29) is 17.0 Å². The predicted molar refractivity (Wildman–Crippen MR) is 51.4 cm³/mol. The molecule has 1 rings (SSSR count). The molecule has 18 heavy (non-hydrogen) atoms. The van der Waals surface area contributed by atoms with Crippen LogP contribution in [-0.2, 0) is 0 Å². The van der Waals surface area contributed by atoms with Crippen molar-refractivity contribution in [2.75, 3.05) is 6.61 Å². The zero-order valence-corrected chi connectivity index (χ0v) is 9.52. The lowest BCUT2D eigenvalue weighted by Crippen LogP contribution is -2.42. The second-order valence-corrected chi connectivity index (χ2v) is 3.71. The van der Waals surface area contributed by atoms with Gasteiger partial charge in [-0.15, -0.1) is 0 Å². The molecule has 0 radical (unpaired) electrons. The number of hydrogen-bond donors (Lipinski definition) is 0. The smallest absolute Gasteiger partial charge is 0.456 e. The first-order valence-corrected chi connectivity index (χ1v) is 4.83. The summed E-state index contributed by atoms with van der Waals surface area (Å²) in [7, 11) is 0. The van der Waals surface area contributed by atoms with Crippen molar-refractivity contribution in [1.29, 1.82) is 0 Å². The third-order valence-electron chi connectivity index (χ3n) is 2.43. The van der Waals surface area contributed by atoms with Crippen LogP contribution in [0.4, 0.5) is 22.0 Å². The van der Waals surface area contributed by atoms with E-state index in [2.05, 4.69) is 4.74 Å². The Hall–Kier alpha value is -1.60. The summed E-state index contributed by atoms with van der Waals surface area (Å²) in [6, 6.07) is 1.04. The highest BCUT2D eigenvalue weighted by Crippen LogP contribution is 2.36. The van der Waals surface area contributed by atoms with Crippen molar-refractivity contribution in [2.45, 2.75) is 25.9 Å². The second-order valence-electron chi connectivity index (χ2n) is 3.71. The van der Waals surface area contributed by atoms with Gasteiger partial charge in [-0.25, -0.2) is 0 Å². The fourth-order valence-electron chi connectivity index (χ4n) is 1.12. The molecule has 0 spiro atoms. The van der Waals surface area contributed by atoms with Crippen molar-refractivity contribution in [3.8, 4) is 5.75 Å². The maximum absolute atomic E-state index is 12.6. The Bertz CT molecular complexity index is 445. The Kier molecular flexibility index (Phi) is 3.68. The van der Waals surface area contributed by atoms with Gasteiger partial charge in [0, 0.05) is 13.0 Å². The van der Waals surface area contributed by atoms with Crippen LogP contribution in [0.15, 0.2) is 12.3 Å². The lowest BCUT2D eigenvalue weighted by molar-refractivity contribution is -0.612. The van der Waals surface area contributed by atoms with Crippen LogP contribution in [0.25, 0.3) is 0 Å². The Morgan fingerprint density at radius 3 is 2.28 bits per heavy atom. The zero-order chi connectivity index (χ0) is 14.1. The van der Waals surface area contributed by atoms with Crippen molar-refractivity contribution in [1.82, 2.24) is 0 Å². The molecule has 1 heterocycles. The molecule has 0 saturated carbocycles. The van der Waals surface area contributed by atoms with Gasteiger partial charge in [0.05, 0.1) is 5.56 Å². The Morgan fingerprint density at radius 1 is 1.22 bits per heavy atom. The molecule has 0 aliphatic carbocycles. The van der Waals surface area contributed by atoms with Crippen molar-refractivity contribution in [2.24, 2.45) is 0 Å². The number of hydrogen-bond acceptors (Lipinski definition) is 2. The van der Waals surface area contributed by atoms with Gasteiger partial charge in [-0.2, -0.15) is 26.7 Å². The average molecular weight is 271 g/mol. The van der Waals surface area contributed by atoms with Crippen molar-refractivity contribution in [3.05, 3.63) is 28.7 Å². The molecule has 0 bridgehead atoms. The van der Waals surface area contributed by atoms with Crippen LogP contribution in [0.1, 0.15) is 11.3 Å². The van der Waals surface area contributed by atoms with Gasteiger partial charge >= 0.3 is 12.1 Å². The van der Waals surface area contributed by atoms with Gasteiger partial charge in [0.25, 0.3) is 0 Å². The molecule has 1 aromatic heterocycles. The lowest BCUT2D eigenvalue weighted by atomic mass is 10.2. The molecule has 0 aliphatic rings. The highest BCUT2D eigenvalue weighted by atomic mass is 19.4. The SMILES string of the molecule is Cc1c(OCC(F)(F)C(F)(F)F)cc[n+]([O-])c1C. The zero-order valence-electron chi connectivity index (χ0n) is 9.52. The molecule has 0 unspecified atom stereocenters. The van der Waals surface area contributed by atoms with Crippen LogP contribution < -0.4 is 9.47 Å². The number of aromatic nitrogens is 1. The highest BCUT2D eigenvalue weighted by molar-refractivity contribution is 5.31. The molecule has 0 saturated heterocycles. The molecular formula is C10H10F5NO2. The van der Waals surface area contributed by atoms with E-state index >= 15 is 0 Å². The minimum atomic E-state index is -5.66. The van der Waals surface area contributed by atoms with E-state index in [9.17, 15) is 27.2 Å². The third-order valence-corrected chi connectivity index (χ3v) is 2.43. The number of pyridine rings is 1. The summed E-state index contributed by atoms with van der Waals surface area (Å²) >= 11 is 0. The molecular weight excluding hydrogens is 261 g/mol. The van der Waals surface area contributed by atoms with Crippen LogP contribution in [0.2, 0.25) is 0 Å². The van der Waals surface area contributed by atoms with Crippen LogP contribution in [-0.4, -0.2) is 18.7 Å². The van der Waals surface area contributed by atoms with Crippen molar-refractivity contribution in [3.63, 3.8) is 0 Å². The molecule has 0 fully saturated rings. The number of rotatable bonds is 3. The summed E-state index contributed by atoms with van der Waals surface area (Å²) in [5.74, 6) is -5.11. The first-order chi connectivity index (χ1) is 8.06. The number of alkyl halides is 5. The predicted octanol–water partition coefficient (Wildman–Crippen LogP) is 2.51. The maximum atomic E-state index is 12.6. The molecule has 102 valence electrons. The minimum absolute atomic E-state index is 0.169. The summed E-state index contributed by atoms with van der Waals surface area (Å²) in [5.41, 5.74) is 0.383. The molecule has 0 aliphatic heterocycles. The van der Waals surface area contributed by atoms with Crippen LogP contribution in [0, 0.1) is 19.1 Å². The van der Waals surface area contributed by atoms with Gasteiger partial charge in [-0.1, -0.05) is 0 Å². The number of ether oxygens (including phenoxy) is 1. The Labute approximate surface area is 99.4 Å². The van der Waals surface area contributed by atoms with E-state index < -0.39 is 18.7 Å². The fourth-order valence-corrected chi connectivity index (χ4v) is 1.12. The van der Waals surface area contributed by atoms with Gasteiger partial charge < -0.3 is 9.94 Å². The van der Waals surface area contributed by atoms with Crippen LogP contribution >= 0.6 is 0 Å². The number of halogens is 5. The minimum Gasteiger partial charge on any atom is -0.618 e. The number of nitrogens with zero attached hydrogens (tertiary/aromatic N) is 1. The largest absolute Gasteiger partial charge is 0.618 e. The van der Waals surface area contributed by atoms with Gasteiger partial charge in [-0.05, 0) is 6.92 Å². The van der Waals surface area contributed by atoms with E-state index in [0.717, 1.165) is 12.3 Å². The summed E-state index contributed by atoms with van der Waals surface area (Å²) < 4.78 is 65.8. The molecule has 0 amide bonds. The molecule has 0 N–H and O–H groups in total. The molecule has 1 aromatic rings. The summed E-state index contributed by atoms with van der Waals surface area (Å²) in [5, 5.41) is 11.1. The summed E-state index contributed by atoms with van der Waals surface area (Å²) in [6.45, 7) is 0.974. The third kappa shape index (κ3) is 2.80. The van der Waals surface area contributed by atoms with Gasteiger partial charge in [0.1, 0.15) is 5.75 Å². The Morgan fingerprint density at radius 2 is 1.78 bits per heavy atom. The summed E-state index contributed by atoms with van der Waals surface area (Å²) in [4.78, 5) is 0. The lowest BCUT2D eigenvalue weighted by Gasteiger charge is -2.20. The van der Waals surface area contributed by atoms with Crippen LogP contribution in [0.3, 0.4) is 0 Å². The van der Waals surface area contributed by atoms with E-state index in [1.165, 1.54) is 13.8 Å². The second kappa shape index (κ2) is 4.58. The average Bonchev–Trinajstić information content (AvgIpc) is 2.23.